The summed E-state index contributed by atoms with van der Waals surface area (Å²) in [6.07, 6.45) is 1.80. The van der Waals surface area contributed by atoms with Gasteiger partial charge in [-0.2, -0.15) is 0 Å². The molecule has 1 aromatic rings. The van der Waals surface area contributed by atoms with E-state index in [2.05, 4.69) is 5.32 Å². The first-order valence-electron chi connectivity index (χ1n) is 5.47. The molecule has 2 N–H and O–H groups in total. The number of hydrogen-bond acceptors (Lipinski definition) is 3. The first-order valence-corrected chi connectivity index (χ1v) is 6.67. The third kappa shape index (κ3) is 5.39. The van der Waals surface area contributed by atoms with Crippen LogP contribution in [0, 0.1) is 0 Å². The van der Waals surface area contributed by atoms with Crippen LogP contribution < -0.4 is 5.32 Å². The van der Waals surface area contributed by atoms with E-state index in [0.29, 0.717) is 13.1 Å². The lowest BCUT2D eigenvalue weighted by Gasteiger charge is -2.16. The minimum atomic E-state index is -0.150. The quantitative estimate of drug-likeness (QED) is 0.781. The van der Waals surface area contributed by atoms with Crippen molar-refractivity contribution in [2.24, 2.45) is 0 Å². The molecule has 1 rings (SSSR count). The van der Waals surface area contributed by atoms with E-state index in [9.17, 15) is 4.79 Å². The summed E-state index contributed by atoms with van der Waals surface area (Å²) in [5, 5.41) is 11.5. The first-order chi connectivity index (χ1) is 8.13. The van der Waals surface area contributed by atoms with Crippen LogP contribution in [0.1, 0.15) is 11.3 Å². The molecule has 96 valence electrons. The zero-order chi connectivity index (χ0) is 12.7. The van der Waals surface area contributed by atoms with Crippen LogP contribution >= 0.6 is 22.9 Å². The maximum Gasteiger partial charge on any atom is 0.317 e. The highest BCUT2D eigenvalue weighted by atomic mass is 35.5. The van der Waals surface area contributed by atoms with Crippen molar-refractivity contribution in [3.63, 3.8) is 0 Å². The Morgan fingerprint density at radius 1 is 1.59 bits per heavy atom. The van der Waals surface area contributed by atoms with E-state index >= 15 is 0 Å². The predicted molar refractivity (Wildman–Crippen MR) is 70.8 cm³/mol. The normalized spacial score (nSPS) is 10.3. The van der Waals surface area contributed by atoms with Crippen molar-refractivity contribution in [2.75, 3.05) is 26.7 Å². The van der Waals surface area contributed by atoms with Crippen LogP contribution in [0.15, 0.2) is 12.1 Å². The van der Waals surface area contributed by atoms with Crippen LogP contribution in [0.2, 0.25) is 4.34 Å². The molecule has 17 heavy (non-hydrogen) atoms. The van der Waals surface area contributed by atoms with Gasteiger partial charge in [-0.1, -0.05) is 11.6 Å². The highest BCUT2D eigenvalue weighted by molar-refractivity contribution is 7.16. The number of amides is 2. The second-order valence-corrected chi connectivity index (χ2v) is 5.49. The van der Waals surface area contributed by atoms with Crippen molar-refractivity contribution >= 4 is 29.0 Å². The Morgan fingerprint density at radius 3 is 2.94 bits per heavy atom. The fourth-order valence-corrected chi connectivity index (χ4v) is 2.46. The average molecular weight is 277 g/mol. The molecular weight excluding hydrogens is 260 g/mol. The molecule has 0 radical (unpaired) electrons. The summed E-state index contributed by atoms with van der Waals surface area (Å²) >= 11 is 7.39. The molecule has 0 bridgehead atoms. The van der Waals surface area contributed by atoms with Crippen molar-refractivity contribution in [1.82, 2.24) is 10.2 Å². The predicted octanol–water partition coefficient (Wildman–Crippen LogP) is 1.97. The number of carbonyl (C=O) groups is 1. The number of aryl methyl sites for hydroxylation is 1. The lowest BCUT2D eigenvalue weighted by Crippen LogP contribution is -2.39. The summed E-state index contributed by atoms with van der Waals surface area (Å²) in [4.78, 5) is 14.1. The van der Waals surface area contributed by atoms with Gasteiger partial charge in [0, 0.05) is 25.0 Å². The number of hydrogen-bond donors (Lipinski definition) is 2. The lowest BCUT2D eigenvalue weighted by atomic mass is 10.2. The van der Waals surface area contributed by atoms with E-state index in [-0.39, 0.29) is 12.6 Å². The number of aliphatic hydroxyl groups is 1. The zero-order valence-electron chi connectivity index (χ0n) is 9.78. The highest BCUT2D eigenvalue weighted by Gasteiger charge is 2.06. The fraction of sp³-hybridized carbons (Fsp3) is 0.545. The van der Waals surface area contributed by atoms with Crippen LogP contribution in [0.5, 0.6) is 0 Å². The number of rotatable bonds is 6. The number of aliphatic hydroxyl groups excluding tert-OH is 1. The Hall–Kier alpha value is -0.780. The molecule has 2 amide bonds. The molecule has 1 aromatic heterocycles. The number of nitrogens with one attached hydrogen (secondary N) is 1. The van der Waals surface area contributed by atoms with E-state index in [0.717, 1.165) is 17.2 Å². The molecule has 0 spiro atoms. The van der Waals surface area contributed by atoms with E-state index in [1.54, 1.807) is 18.4 Å². The molecule has 6 heteroatoms. The van der Waals surface area contributed by atoms with Crippen LogP contribution in [0.25, 0.3) is 0 Å². The number of nitrogens with zero attached hydrogens (tertiary/aromatic N) is 1. The van der Waals surface area contributed by atoms with Crippen LogP contribution in [-0.2, 0) is 6.42 Å². The molecule has 0 fully saturated rings. The van der Waals surface area contributed by atoms with Crippen molar-refractivity contribution in [3.8, 4) is 0 Å². The van der Waals surface area contributed by atoms with Gasteiger partial charge >= 0.3 is 6.03 Å². The Balaban J connectivity index is 2.13. The SMILES string of the molecule is CN(CCO)C(=O)NCCCc1ccc(Cl)s1. The Morgan fingerprint density at radius 2 is 2.35 bits per heavy atom. The number of carbonyl (C=O) groups excluding carboxylic acids is 1. The number of halogens is 1. The molecule has 0 atom stereocenters. The van der Waals surface area contributed by atoms with E-state index in [1.807, 2.05) is 12.1 Å². The molecule has 0 aromatic carbocycles. The number of likely N-dealkylation sites (N-methyl/N-ethyl adjacent to an activating group) is 1. The first kappa shape index (κ1) is 14.3. The topological polar surface area (TPSA) is 52.6 Å². The van der Waals surface area contributed by atoms with Crippen molar-refractivity contribution in [3.05, 3.63) is 21.3 Å². The monoisotopic (exact) mass is 276 g/mol. The van der Waals surface area contributed by atoms with Crippen LogP contribution in [-0.4, -0.2) is 42.8 Å². The van der Waals surface area contributed by atoms with E-state index in [1.165, 1.54) is 9.78 Å². The minimum Gasteiger partial charge on any atom is -0.395 e. The second kappa shape index (κ2) is 7.53. The Bertz CT molecular complexity index is 357. The highest BCUT2D eigenvalue weighted by Crippen LogP contribution is 2.22. The van der Waals surface area contributed by atoms with Gasteiger partial charge in [-0.05, 0) is 25.0 Å². The van der Waals surface area contributed by atoms with Gasteiger partial charge in [-0.15, -0.1) is 11.3 Å². The number of urea groups is 1. The smallest absolute Gasteiger partial charge is 0.317 e. The van der Waals surface area contributed by atoms with Crippen LogP contribution in [0.3, 0.4) is 0 Å². The zero-order valence-corrected chi connectivity index (χ0v) is 11.4. The van der Waals surface area contributed by atoms with Gasteiger partial charge in [-0.25, -0.2) is 4.79 Å². The Labute approximate surface area is 110 Å². The molecular formula is C11H17ClN2O2S. The number of thiophene rings is 1. The molecule has 0 aliphatic heterocycles. The second-order valence-electron chi connectivity index (χ2n) is 3.69. The molecule has 0 saturated heterocycles. The van der Waals surface area contributed by atoms with Gasteiger partial charge < -0.3 is 15.3 Å². The molecule has 1 heterocycles. The summed E-state index contributed by atoms with van der Waals surface area (Å²) in [6.45, 7) is 0.966. The third-order valence-electron chi connectivity index (χ3n) is 2.29. The molecule has 0 aliphatic carbocycles. The van der Waals surface area contributed by atoms with Gasteiger partial charge in [0.15, 0.2) is 0 Å². The van der Waals surface area contributed by atoms with Crippen molar-refractivity contribution in [2.45, 2.75) is 12.8 Å². The summed E-state index contributed by atoms with van der Waals surface area (Å²) in [7, 11) is 1.66. The van der Waals surface area contributed by atoms with Crippen LogP contribution in [0.4, 0.5) is 4.79 Å². The summed E-state index contributed by atoms with van der Waals surface area (Å²) in [6, 6.07) is 3.74. The average Bonchev–Trinajstić information content (AvgIpc) is 2.70. The maximum atomic E-state index is 11.4. The maximum absolute atomic E-state index is 11.4. The summed E-state index contributed by atoms with van der Waals surface area (Å²) in [5.41, 5.74) is 0. The third-order valence-corrected chi connectivity index (χ3v) is 3.58. The molecule has 0 unspecified atom stereocenters. The van der Waals surface area contributed by atoms with Gasteiger partial charge in [-0.3, -0.25) is 0 Å². The van der Waals surface area contributed by atoms with Gasteiger partial charge in [0.05, 0.1) is 10.9 Å². The molecule has 0 aliphatic rings. The van der Waals surface area contributed by atoms with Crippen molar-refractivity contribution < 1.29 is 9.90 Å². The largest absolute Gasteiger partial charge is 0.395 e. The van der Waals surface area contributed by atoms with E-state index < -0.39 is 0 Å². The summed E-state index contributed by atoms with van der Waals surface area (Å²) < 4.78 is 0.798. The fourth-order valence-electron chi connectivity index (χ4n) is 1.33. The van der Waals surface area contributed by atoms with Gasteiger partial charge in [0.25, 0.3) is 0 Å². The standard InChI is InChI=1S/C11H17ClN2O2S/c1-14(7-8-15)11(16)13-6-2-3-9-4-5-10(12)17-9/h4-5,15H,2-3,6-8H2,1H3,(H,13,16). The molecule has 0 saturated carbocycles. The minimum absolute atomic E-state index is 0.0163. The van der Waals surface area contributed by atoms with Gasteiger partial charge in [0.1, 0.15) is 0 Å². The summed E-state index contributed by atoms with van der Waals surface area (Å²) in [5.74, 6) is 0. The van der Waals surface area contributed by atoms with Gasteiger partial charge in [0.2, 0.25) is 0 Å². The molecule has 4 nitrogen and oxygen atoms in total. The lowest BCUT2D eigenvalue weighted by molar-refractivity contribution is 0.190. The van der Waals surface area contributed by atoms with Crippen molar-refractivity contribution in [1.29, 1.82) is 0 Å². The Kier molecular flexibility index (Phi) is 6.32. The van der Waals surface area contributed by atoms with E-state index in [4.69, 9.17) is 16.7 Å².